The highest BCUT2D eigenvalue weighted by atomic mass is 16.2. The van der Waals surface area contributed by atoms with E-state index >= 15 is 0 Å². The molecule has 1 aliphatic heterocycles. The Hall–Kier alpha value is -2.57. The van der Waals surface area contributed by atoms with Crippen molar-refractivity contribution in [2.75, 3.05) is 36.8 Å². The van der Waals surface area contributed by atoms with Gasteiger partial charge in [-0.05, 0) is 44.9 Å². The summed E-state index contributed by atoms with van der Waals surface area (Å²) in [6.45, 7) is 12.1. The summed E-state index contributed by atoms with van der Waals surface area (Å²) in [4.78, 5) is 40.9. The van der Waals surface area contributed by atoms with Crippen LogP contribution in [0.2, 0.25) is 0 Å². The van der Waals surface area contributed by atoms with Gasteiger partial charge < -0.3 is 20.4 Å². The lowest BCUT2D eigenvalue weighted by Crippen LogP contribution is -2.47. The molecule has 1 heterocycles. The Bertz CT molecular complexity index is 730. The monoisotopic (exact) mass is 402 g/mol. The van der Waals surface area contributed by atoms with Gasteiger partial charge in [0.25, 0.3) is 0 Å². The van der Waals surface area contributed by atoms with Crippen LogP contribution in [-0.4, -0.2) is 53.8 Å². The first-order valence-corrected chi connectivity index (χ1v) is 10.4. The van der Waals surface area contributed by atoms with Crippen molar-refractivity contribution in [1.82, 2.24) is 9.80 Å². The highest BCUT2D eigenvalue weighted by molar-refractivity contribution is 5.96. The highest BCUT2D eigenvalue weighted by Gasteiger charge is 2.29. The third kappa shape index (κ3) is 6.21. The van der Waals surface area contributed by atoms with Crippen molar-refractivity contribution in [3.63, 3.8) is 0 Å². The zero-order valence-corrected chi connectivity index (χ0v) is 18.2. The summed E-state index contributed by atoms with van der Waals surface area (Å²) in [7, 11) is 0. The van der Waals surface area contributed by atoms with Crippen LogP contribution >= 0.6 is 0 Å². The van der Waals surface area contributed by atoms with Crippen molar-refractivity contribution >= 4 is 29.2 Å². The van der Waals surface area contributed by atoms with Gasteiger partial charge in [-0.2, -0.15) is 0 Å². The van der Waals surface area contributed by atoms with E-state index in [-0.39, 0.29) is 23.8 Å². The van der Waals surface area contributed by atoms with Crippen molar-refractivity contribution in [3.8, 4) is 0 Å². The molecular weight excluding hydrogens is 368 g/mol. The summed E-state index contributed by atoms with van der Waals surface area (Å²) < 4.78 is 0. The molecule has 7 heteroatoms. The Morgan fingerprint density at radius 2 is 1.59 bits per heavy atom. The smallest absolute Gasteiger partial charge is 0.319 e. The predicted octanol–water partition coefficient (Wildman–Crippen LogP) is 3.78. The average Bonchev–Trinajstić information content (AvgIpc) is 2.68. The molecule has 7 nitrogen and oxygen atoms in total. The van der Waals surface area contributed by atoms with Gasteiger partial charge in [0, 0.05) is 48.9 Å². The molecule has 4 amide bonds. The molecule has 0 spiro atoms. The maximum atomic E-state index is 12.7. The topological polar surface area (TPSA) is 81.8 Å². The summed E-state index contributed by atoms with van der Waals surface area (Å²) in [5.74, 6) is -0.242. The maximum absolute atomic E-state index is 12.7. The van der Waals surface area contributed by atoms with Crippen LogP contribution in [0.1, 0.15) is 47.5 Å². The SMILES string of the molecule is CCN(CC)C(=O)N1CCC(C(=O)Nc2cccc(NC(=O)C(C)(C)C)c2)CC1. The standard InChI is InChI=1S/C22H34N4O3/c1-6-25(7-2)21(29)26-13-11-16(12-14-26)19(27)23-17-9-8-10-18(15-17)24-20(28)22(3,4)5/h8-10,15-16H,6-7,11-14H2,1-5H3,(H,23,27)(H,24,28). The van der Waals surface area contributed by atoms with Gasteiger partial charge >= 0.3 is 6.03 Å². The predicted molar refractivity (Wildman–Crippen MR) is 116 cm³/mol. The van der Waals surface area contributed by atoms with Crippen LogP contribution in [-0.2, 0) is 9.59 Å². The number of urea groups is 1. The van der Waals surface area contributed by atoms with E-state index in [4.69, 9.17) is 0 Å². The van der Waals surface area contributed by atoms with Crippen LogP contribution in [0, 0.1) is 11.3 Å². The molecule has 0 bridgehead atoms. The molecule has 160 valence electrons. The molecule has 1 aromatic carbocycles. The fourth-order valence-corrected chi connectivity index (χ4v) is 3.26. The molecule has 0 unspecified atom stereocenters. The average molecular weight is 403 g/mol. The highest BCUT2D eigenvalue weighted by Crippen LogP contribution is 2.23. The minimum atomic E-state index is -0.490. The number of likely N-dealkylation sites (tertiary alicyclic amines) is 1. The summed E-state index contributed by atoms with van der Waals surface area (Å²) in [6, 6.07) is 7.23. The van der Waals surface area contributed by atoms with Gasteiger partial charge in [0.15, 0.2) is 0 Å². The molecule has 2 N–H and O–H groups in total. The third-order valence-corrected chi connectivity index (χ3v) is 5.24. The fraction of sp³-hybridized carbons (Fsp3) is 0.591. The van der Waals surface area contributed by atoms with Crippen LogP contribution < -0.4 is 10.6 Å². The van der Waals surface area contributed by atoms with Crippen LogP contribution in [0.25, 0.3) is 0 Å². The quantitative estimate of drug-likeness (QED) is 0.786. The first-order chi connectivity index (χ1) is 13.7. The van der Waals surface area contributed by atoms with E-state index in [1.807, 2.05) is 45.6 Å². The van der Waals surface area contributed by atoms with E-state index < -0.39 is 5.41 Å². The zero-order chi connectivity index (χ0) is 21.6. The van der Waals surface area contributed by atoms with Gasteiger partial charge in [-0.1, -0.05) is 26.8 Å². The Balaban J connectivity index is 1.91. The van der Waals surface area contributed by atoms with Crippen molar-refractivity contribution in [1.29, 1.82) is 0 Å². The second-order valence-corrected chi connectivity index (χ2v) is 8.49. The number of nitrogens with zero attached hydrogens (tertiary/aromatic N) is 2. The van der Waals surface area contributed by atoms with Crippen molar-refractivity contribution < 1.29 is 14.4 Å². The summed E-state index contributed by atoms with van der Waals surface area (Å²) in [6.07, 6.45) is 1.30. The lowest BCUT2D eigenvalue weighted by atomic mass is 9.95. The first-order valence-electron chi connectivity index (χ1n) is 10.4. The van der Waals surface area contributed by atoms with E-state index in [2.05, 4.69) is 10.6 Å². The van der Waals surface area contributed by atoms with Gasteiger partial charge in [-0.25, -0.2) is 4.79 Å². The largest absolute Gasteiger partial charge is 0.326 e. The molecule has 0 radical (unpaired) electrons. The number of piperidine rings is 1. The molecule has 1 aliphatic rings. The zero-order valence-electron chi connectivity index (χ0n) is 18.2. The molecular formula is C22H34N4O3. The first kappa shape index (κ1) is 22.7. The van der Waals surface area contributed by atoms with E-state index in [0.717, 1.165) is 0 Å². The van der Waals surface area contributed by atoms with Crippen molar-refractivity contribution in [3.05, 3.63) is 24.3 Å². The van der Waals surface area contributed by atoms with E-state index in [9.17, 15) is 14.4 Å². The molecule has 1 aromatic rings. The van der Waals surface area contributed by atoms with Crippen LogP contribution in [0.4, 0.5) is 16.2 Å². The molecule has 0 aromatic heterocycles. The molecule has 0 saturated carbocycles. The fourth-order valence-electron chi connectivity index (χ4n) is 3.26. The van der Waals surface area contributed by atoms with E-state index in [1.54, 1.807) is 23.1 Å². The van der Waals surface area contributed by atoms with Crippen molar-refractivity contribution in [2.45, 2.75) is 47.5 Å². The molecule has 0 aliphatic carbocycles. The van der Waals surface area contributed by atoms with Crippen LogP contribution in [0.3, 0.4) is 0 Å². The third-order valence-electron chi connectivity index (χ3n) is 5.24. The normalized spacial score (nSPS) is 15.0. The van der Waals surface area contributed by atoms with Crippen LogP contribution in [0.5, 0.6) is 0 Å². The number of hydrogen-bond donors (Lipinski definition) is 2. The van der Waals surface area contributed by atoms with E-state index in [1.165, 1.54) is 0 Å². The molecule has 2 rings (SSSR count). The second-order valence-electron chi connectivity index (χ2n) is 8.49. The van der Waals surface area contributed by atoms with E-state index in [0.29, 0.717) is 50.4 Å². The number of hydrogen-bond acceptors (Lipinski definition) is 3. The number of amides is 4. The Kier molecular flexibility index (Phi) is 7.65. The van der Waals surface area contributed by atoms with Gasteiger partial charge in [-0.3, -0.25) is 9.59 Å². The number of carbonyl (C=O) groups is 3. The van der Waals surface area contributed by atoms with Gasteiger partial charge in [0.2, 0.25) is 11.8 Å². The molecule has 0 atom stereocenters. The van der Waals surface area contributed by atoms with Gasteiger partial charge in [0.1, 0.15) is 0 Å². The second kappa shape index (κ2) is 9.76. The molecule has 1 saturated heterocycles. The van der Waals surface area contributed by atoms with Gasteiger partial charge in [-0.15, -0.1) is 0 Å². The number of nitrogens with one attached hydrogen (secondary N) is 2. The lowest BCUT2D eigenvalue weighted by Gasteiger charge is -2.34. The number of carbonyl (C=O) groups excluding carboxylic acids is 3. The summed E-state index contributed by atoms with van der Waals surface area (Å²) in [5, 5.41) is 5.82. The maximum Gasteiger partial charge on any atom is 0.319 e. The van der Waals surface area contributed by atoms with Crippen molar-refractivity contribution in [2.24, 2.45) is 11.3 Å². The van der Waals surface area contributed by atoms with Crippen LogP contribution in [0.15, 0.2) is 24.3 Å². The minimum Gasteiger partial charge on any atom is -0.326 e. The number of benzene rings is 1. The Morgan fingerprint density at radius 3 is 2.10 bits per heavy atom. The number of rotatable bonds is 5. The summed E-state index contributed by atoms with van der Waals surface area (Å²) >= 11 is 0. The Labute approximate surface area is 173 Å². The minimum absolute atomic E-state index is 0.0424. The summed E-state index contributed by atoms with van der Waals surface area (Å²) in [5.41, 5.74) is 0.821. The molecule has 29 heavy (non-hydrogen) atoms. The Morgan fingerprint density at radius 1 is 1.03 bits per heavy atom. The number of anilines is 2. The molecule has 1 fully saturated rings. The lowest BCUT2D eigenvalue weighted by molar-refractivity contribution is -0.123. The van der Waals surface area contributed by atoms with Gasteiger partial charge in [0.05, 0.1) is 0 Å².